The maximum atomic E-state index is 4.30. The Morgan fingerprint density at radius 2 is 1.02 bits per heavy atom. The maximum Gasteiger partial charge on any atom is 0.0342 e. The molecule has 0 unspecified atom stereocenters. The molecule has 0 N–H and O–H groups in total. The van der Waals surface area contributed by atoms with Gasteiger partial charge in [0.15, 0.2) is 0 Å². The summed E-state index contributed by atoms with van der Waals surface area (Å²) in [5, 5.41) is 2.21. The highest BCUT2D eigenvalue weighted by molar-refractivity contribution is 7.13. The number of hydrogen-bond donors (Lipinski definition) is 0. The summed E-state index contributed by atoms with van der Waals surface area (Å²) >= 11 is 1.86. The van der Waals surface area contributed by atoms with Crippen LogP contribution in [0, 0.1) is 0 Å². The number of benzene rings is 2. The van der Waals surface area contributed by atoms with Gasteiger partial charge in [0.2, 0.25) is 0 Å². The average Bonchev–Trinajstić information content (AvgIpc) is 3.70. The van der Waals surface area contributed by atoms with Crippen molar-refractivity contribution in [2.24, 2.45) is 0 Å². The van der Waals surface area contributed by atoms with E-state index in [0.29, 0.717) is 0 Å². The molecule has 2 heterocycles. The molecule has 0 aliphatic heterocycles. The third-order valence-corrected chi connectivity index (χ3v) is 11.0. The molecule has 1 aliphatic carbocycles. The standard InChI is InChI=1S/C42H55NS/c1-3-5-7-9-11-13-15-17-27-42(28-18-16-14-12-10-8-6-4-2)39-32-35(34-25-29-43-30-26-34)21-23-37(39)38-24-22-36(33-40(38)42)41-20-19-31-44-41/h19-26,29-33H,3-18,27-28H2,1-2H3. The lowest BCUT2D eigenvalue weighted by Gasteiger charge is -2.33. The summed E-state index contributed by atoms with van der Waals surface area (Å²) in [5.74, 6) is 0. The summed E-state index contributed by atoms with van der Waals surface area (Å²) in [6.45, 7) is 4.63. The van der Waals surface area contributed by atoms with E-state index in [1.54, 1.807) is 11.1 Å². The molecule has 2 aromatic heterocycles. The van der Waals surface area contributed by atoms with E-state index in [0.717, 1.165) is 0 Å². The van der Waals surface area contributed by atoms with Gasteiger partial charge in [0.25, 0.3) is 0 Å². The van der Waals surface area contributed by atoms with Crippen molar-refractivity contribution in [1.29, 1.82) is 0 Å². The number of nitrogens with zero attached hydrogens (tertiary/aromatic N) is 1. The second-order valence-electron chi connectivity index (χ2n) is 13.3. The zero-order valence-corrected chi connectivity index (χ0v) is 28.4. The highest BCUT2D eigenvalue weighted by Gasteiger charge is 2.42. The van der Waals surface area contributed by atoms with Crippen molar-refractivity contribution in [3.05, 3.63) is 89.6 Å². The van der Waals surface area contributed by atoms with Gasteiger partial charge in [-0.05, 0) is 87.5 Å². The van der Waals surface area contributed by atoms with Crippen LogP contribution in [-0.4, -0.2) is 4.98 Å². The van der Waals surface area contributed by atoms with Crippen molar-refractivity contribution in [3.63, 3.8) is 0 Å². The SMILES string of the molecule is CCCCCCCCCCC1(CCCCCCCCCC)c2cc(-c3ccncc3)ccc2-c2ccc(-c3cccs3)cc21. The van der Waals surface area contributed by atoms with Gasteiger partial charge in [-0.3, -0.25) is 4.98 Å². The number of thiophene rings is 1. The first-order valence-corrected chi connectivity index (χ1v) is 18.9. The molecule has 0 amide bonds. The first kappa shape index (κ1) is 32.7. The van der Waals surface area contributed by atoms with E-state index >= 15 is 0 Å². The Labute approximate surface area is 272 Å². The van der Waals surface area contributed by atoms with E-state index in [1.807, 2.05) is 23.7 Å². The van der Waals surface area contributed by atoms with Crippen molar-refractivity contribution >= 4 is 11.3 Å². The van der Waals surface area contributed by atoms with E-state index in [4.69, 9.17) is 0 Å². The van der Waals surface area contributed by atoms with E-state index < -0.39 is 0 Å². The zero-order valence-electron chi connectivity index (χ0n) is 27.6. The van der Waals surface area contributed by atoms with Crippen molar-refractivity contribution in [2.75, 3.05) is 0 Å². The van der Waals surface area contributed by atoms with Crippen molar-refractivity contribution in [3.8, 4) is 32.7 Å². The number of pyridine rings is 1. The molecule has 0 fully saturated rings. The zero-order chi connectivity index (χ0) is 30.5. The Hall–Kier alpha value is -2.71. The van der Waals surface area contributed by atoms with Gasteiger partial charge < -0.3 is 0 Å². The Morgan fingerprint density at radius 1 is 0.523 bits per heavy atom. The first-order valence-electron chi connectivity index (χ1n) is 18.0. The third kappa shape index (κ3) is 8.11. The molecular weight excluding hydrogens is 551 g/mol. The molecule has 2 heteroatoms. The quantitative estimate of drug-likeness (QED) is 0.0913. The Kier molecular flexibility index (Phi) is 12.7. The molecule has 4 aromatic rings. The van der Waals surface area contributed by atoms with Crippen LogP contribution in [0.25, 0.3) is 32.7 Å². The summed E-state index contributed by atoms with van der Waals surface area (Å²) in [5.41, 5.74) is 10.2. The van der Waals surface area contributed by atoms with Crippen LogP contribution in [0.15, 0.2) is 78.4 Å². The molecular formula is C42H55NS. The molecule has 0 atom stereocenters. The minimum Gasteiger partial charge on any atom is -0.265 e. The smallest absolute Gasteiger partial charge is 0.0342 e. The van der Waals surface area contributed by atoms with Gasteiger partial charge in [-0.15, -0.1) is 11.3 Å². The molecule has 0 saturated carbocycles. The van der Waals surface area contributed by atoms with Crippen molar-refractivity contribution in [1.82, 2.24) is 4.98 Å². The molecule has 0 bridgehead atoms. The summed E-state index contributed by atoms with van der Waals surface area (Å²) in [6.07, 6.45) is 28.3. The fourth-order valence-corrected chi connectivity index (χ4v) is 8.32. The number of rotatable bonds is 20. The Bertz CT molecular complexity index is 1370. The fraction of sp³-hybridized carbons (Fsp3) is 0.500. The van der Waals surface area contributed by atoms with Crippen LogP contribution in [0.5, 0.6) is 0 Å². The molecule has 0 radical (unpaired) electrons. The van der Waals surface area contributed by atoms with Crippen LogP contribution < -0.4 is 0 Å². The largest absolute Gasteiger partial charge is 0.265 e. The predicted octanol–water partition coefficient (Wildman–Crippen LogP) is 13.8. The lowest BCUT2D eigenvalue weighted by molar-refractivity contribution is 0.397. The van der Waals surface area contributed by atoms with Gasteiger partial charge in [0.05, 0.1) is 0 Å². The molecule has 5 rings (SSSR count). The first-order chi connectivity index (χ1) is 21.8. The molecule has 44 heavy (non-hydrogen) atoms. The minimum absolute atomic E-state index is 0.0887. The summed E-state index contributed by atoms with van der Waals surface area (Å²) in [7, 11) is 0. The number of fused-ring (bicyclic) bond motifs is 3. The van der Waals surface area contributed by atoms with Crippen LogP contribution in [-0.2, 0) is 5.41 Å². The monoisotopic (exact) mass is 605 g/mol. The maximum absolute atomic E-state index is 4.30. The van der Waals surface area contributed by atoms with Gasteiger partial charge >= 0.3 is 0 Å². The predicted molar refractivity (Wildman–Crippen MR) is 194 cm³/mol. The average molecular weight is 606 g/mol. The van der Waals surface area contributed by atoms with Gasteiger partial charge in [0, 0.05) is 22.7 Å². The van der Waals surface area contributed by atoms with Gasteiger partial charge in [-0.1, -0.05) is 147 Å². The lowest BCUT2D eigenvalue weighted by atomic mass is 9.70. The Balaban J connectivity index is 1.44. The van der Waals surface area contributed by atoms with E-state index in [1.165, 1.54) is 148 Å². The molecule has 1 nitrogen and oxygen atoms in total. The van der Waals surface area contributed by atoms with Crippen LogP contribution in [0.2, 0.25) is 0 Å². The van der Waals surface area contributed by atoms with Crippen LogP contribution in [0.3, 0.4) is 0 Å². The molecule has 0 spiro atoms. The number of hydrogen-bond acceptors (Lipinski definition) is 2. The van der Waals surface area contributed by atoms with Crippen LogP contribution >= 0.6 is 11.3 Å². The van der Waals surface area contributed by atoms with Gasteiger partial charge in [-0.25, -0.2) is 0 Å². The highest BCUT2D eigenvalue weighted by atomic mass is 32.1. The van der Waals surface area contributed by atoms with Crippen molar-refractivity contribution < 1.29 is 0 Å². The van der Waals surface area contributed by atoms with Gasteiger partial charge in [-0.2, -0.15) is 0 Å². The topological polar surface area (TPSA) is 12.9 Å². The summed E-state index contributed by atoms with van der Waals surface area (Å²) in [6, 6.07) is 23.5. The number of unbranched alkanes of at least 4 members (excludes halogenated alkanes) is 14. The second-order valence-corrected chi connectivity index (χ2v) is 14.2. The van der Waals surface area contributed by atoms with Gasteiger partial charge in [0.1, 0.15) is 0 Å². The molecule has 234 valence electrons. The lowest BCUT2D eigenvalue weighted by Crippen LogP contribution is -2.25. The Morgan fingerprint density at radius 3 is 1.55 bits per heavy atom. The molecule has 1 aliphatic rings. The second kappa shape index (κ2) is 17.1. The van der Waals surface area contributed by atoms with Crippen LogP contribution in [0.4, 0.5) is 0 Å². The van der Waals surface area contributed by atoms with Crippen molar-refractivity contribution in [2.45, 2.75) is 135 Å². The normalized spacial score (nSPS) is 13.2. The van der Waals surface area contributed by atoms with E-state index in [9.17, 15) is 0 Å². The molecule has 2 aromatic carbocycles. The fourth-order valence-electron chi connectivity index (χ4n) is 7.60. The summed E-state index contributed by atoms with van der Waals surface area (Å²) < 4.78 is 0. The van der Waals surface area contributed by atoms with E-state index in [-0.39, 0.29) is 5.41 Å². The number of aromatic nitrogens is 1. The van der Waals surface area contributed by atoms with E-state index in [2.05, 4.69) is 84.9 Å². The minimum atomic E-state index is 0.0887. The van der Waals surface area contributed by atoms with Crippen LogP contribution in [0.1, 0.15) is 141 Å². The highest BCUT2D eigenvalue weighted by Crippen LogP contribution is 2.56. The summed E-state index contributed by atoms with van der Waals surface area (Å²) in [4.78, 5) is 5.69. The molecule has 0 saturated heterocycles. The third-order valence-electron chi connectivity index (χ3n) is 10.1.